The predicted octanol–water partition coefficient (Wildman–Crippen LogP) is 2.72. The Morgan fingerprint density at radius 2 is 2.16 bits per heavy atom. The molecule has 134 valence electrons. The van der Waals surface area contributed by atoms with E-state index in [1.54, 1.807) is 6.92 Å². The van der Waals surface area contributed by atoms with Crippen molar-refractivity contribution in [2.45, 2.75) is 25.9 Å². The maximum atomic E-state index is 14.3. The summed E-state index contributed by atoms with van der Waals surface area (Å²) in [5.74, 6) is -3.92. The molecular formula is C17H16ClFO6. The van der Waals surface area contributed by atoms with Crippen LogP contribution in [0.15, 0.2) is 33.5 Å². The fourth-order valence-electron chi connectivity index (χ4n) is 2.43. The van der Waals surface area contributed by atoms with Crippen LogP contribution in [0.4, 0.5) is 4.39 Å². The number of hydrogen-bond acceptors (Lipinski definition) is 6. The zero-order valence-electron chi connectivity index (χ0n) is 13.3. The third-order valence-electron chi connectivity index (χ3n) is 3.50. The molecule has 1 heterocycles. The van der Waals surface area contributed by atoms with E-state index in [0.29, 0.717) is 0 Å². The third kappa shape index (κ3) is 4.18. The van der Waals surface area contributed by atoms with Crippen molar-refractivity contribution in [1.29, 1.82) is 0 Å². The van der Waals surface area contributed by atoms with Gasteiger partial charge in [-0.2, -0.15) is 0 Å². The monoisotopic (exact) mass is 370 g/mol. The number of carbonyl (C=O) groups excluding carboxylic acids is 1. The Morgan fingerprint density at radius 3 is 2.76 bits per heavy atom. The minimum absolute atomic E-state index is 0.00857. The van der Waals surface area contributed by atoms with E-state index in [4.69, 9.17) is 20.8 Å². The van der Waals surface area contributed by atoms with Crippen LogP contribution in [-0.2, 0) is 16.1 Å². The summed E-state index contributed by atoms with van der Waals surface area (Å²) in [6, 6.07) is 4.82. The zero-order valence-corrected chi connectivity index (χ0v) is 14.0. The van der Waals surface area contributed by atoms with Gasteiger partial charge >= 0.3 is 5.97 Å². The van der Waals surface area contributed by atoms with Crippen molar-refractivity contribution < 1.29 is 28.6 Å². The molecule has 1 aromatic carbocycles. The van der Waals surface area contributed by atoms with Gasteiger partial charge in [-0.3, -0.25) is 9.59 Å². The van der Waals surface area contributed by atoms with Gasteiger partial charge in [0.2, 0.25) is 11.2 Å². The van der Waals surface area contributed by atoms with Crippen LogP contribution < -0.4 is 5.43 Å². The van der Waals surface area contributed by atoms with E-state index in [2.05, 4.69) is 0 Å². The van der Waals surface area contributed by atoms with E-state index in [9.17, 15) is 24.2 Å². The number of aliphatic hydroxyl groups is 1. The molecule has 0 aliphatic rings. The van der Waals surface area contributed by atoms with Gasteiger partial charge < -0.3 is 19.4 Å². The first-order valence-corrected chi connectivity index (χ1v) is 7.83. The first-order valence-electron chi connectivity index (χ1n) is 7.45. The Morgan fingerprint density at radius 1 is 1.44 bits per heavy atom. The van der Waals surface area contributed by atoms with Crippen LogP contribution in [0.5, 0.6) is 5.75 Å². The minimum Gasteiger partial charge on any atom is -0.502 e. The number of aromatic hydroxyl groups is 1. The van der Waals surface area contributed by atoms with Crippen molar-refractivity contribution in [3.05, 3.63) is 62.4 Å². The van der Waals surface area contributed by atoms with Crippen molar-refractivity contribution in [2.75, 3.05) is 6.61 Å². The lowest BCUT2D eigenvalue weighted by Gasteiger charge is -2.19. The Balaban J connectivity index is 2.66. The highest BCUT2D eigenvalue weighted by molar-refractivity contribution is 6.31. The second kappa shape index (κ2) is 8.13. The summed E-state index contributed by atoms with van der Waals surface area (Å²) in [5.41, 5.74) is -0.947. The Labute approximate surface area is 147 Å². The van der Waals surface area contributed by atoms with E-state index in [1.165, 1.54) is 12.1 Å². The molecule has 6 nitrogen and oxygen atoms in total. The fourth-order valence-corrected chi connectivity index (χ4v) is 2.72. The molecule has 2 rings (SSSR count). The molecule has 1 atom stereocenters. The molecule has 2 N–H and O–H groups in total. The van der Waals surface area contributed by atoms with Crippen LogP contribution in [0.25, 0.3) is 0 Å². The molecule has 8 heteroatoms. The maximum absolute atomic E-state index is 14.3. The van der Waals surface area contributed by atoms with Gasteiger partial charge in [0.1, 0.15) is 18.2 Å². The fraction of sp³-hybridized carbons (Fsp3) is 0.294. The molecular weight excluding hydrogens is 355 g/mol. The van der Waals surface area contributed by atoms with E-state index >= 15 is 0 Å². The van der Waals surface area contributed by atoms with Crippen molar-refractivity contribution in [2.24, 2.45) is 0 Å². The van der Waals surface area contributed by atoms with Gasteiger partial charge in [-0.25, -0.2) is 4.39 Å². The molecule has 0 saturated heterocycles. The SMILES string of the molecule is CCOC(=O)C[C@H](c1oc(CO)cc(=O)c1O)c1c(F)cccc1Cl. The van der Waals surface area contributed by atoms with Crippen LogP contribution >= 0.6 is 11.6 Å². The number of hydrogen-bond donors (Lipinski definition) is 2. The summed E-state index contributed by atoms with van der Waals surface area (Å²) in [6.07, 6.45) is -0.417. The molecule has 25 heavy (non-hydrogen) atoms. The highest BCUT2D eigenvalue weighted by Crippen LogP contribution is 2.38. The van der Waals surface area contributed by atoms with Gasteiger partial charge in [-0.05, 0) is 19.1 Å². The van der Waals surface area contributed by atoms with Gasteiger partial charge in [0.05, 0.1) is 18.9 Å². The lowest BCUT2D eigenvalue weighted by molar-refractivity contribution is -0.143. The topological polar surface area (TPSA) is 97.0 Å². The summed E-state index contributed by atoms with van der Waals surface area (Å²) in [4.78, 5) is 23.8. The van der Waals surface area contributed by atoms with Crippen molar-refractivity contribution >= 4 is 17.6 Å². The standard InChI is InChI=1S/C17H16ClFO6/c1-2-24-14(22)7-10(15-11(18)4-3-5-12(15)19)17-16(23)13(21)6-9(8-20)25-17/h3-6,10,20,23H,2,7-8H2,1H3/t10-/m0/s1. The van der Waals surface area contributed by atoms with Gasteiger partial charge in [-0.15, -0.1) is 0 Å². The van der Waals surface area contributed by atoms with Crippen LogP contribution in [0, 0.1) is 5.82 Å². The molecule has 0 aliphatic carbocycles. The number of rotatable bonds is 6. The van der Waals surface area contributed by atoms with Crippen LogP contribution in [0.1, 0.15) is 36.3 Å². The third-order valence-corrected chi connectivity index (χ3v) is 3.83. The molecule has 0 saturated carbocycles. The van der Waals surface area contributed by atoms with Gasteiger partial charge in [-0.1, -0.05) is 17.7 Å². The Kier molecular flexibility index (Phi) is 6.17. The summed E-state index contributed by atoms with van der Waals surface area (Å²) >= 11 is 6.06. The molecule has 0 bridgehead atoms. The highest BCUT2D eigenvalue weighted by atomic mass is 35.5. The quantitative estimate of drug-likeness (QED) is 0.759. The van der Waals surface area contributed by atoms with Gasteiger partial charge in [0, 0.05) is 16.7 Å². The van der Waals surface area contributed by atoms with E-state index in [0.717, 1.165) is 12.1 Å². The normalized spacial score (nSPS) is 12.0. The number of benzene rings is 1. The summed E-state index contributed by atoms with van der Waals surface area (Å²) in [5, 5.41) is 19.3. The van der Waals surface area contributed by atoms with Crippen LogP contribution in [0.3, 0.4) is 0 Å². The van der Waals surface area contributed by atoms with Crippen LogP contribution in [-0.4, -0.2) is 22.8 Å². The van der Waals surface area contributed by atoms with Crippen molar-refractivity contribution in [3.8, 4) is 5.75 Å². The largest absolute Gasteiger partial charge is 0.502 e. The second-order valence-corrected chi connectivity index (χ2v) is 5.55. The number of ether oxygens (including phenoxy) is 1. The van der Waals surface area contributed by atoms with E-state index in [-0.39, 0.29) is 28.7 Å². The molecule has 1 aromatic heterocycles. The molecule has 0 aliphatic heterocycles. The average Bonchev–Trinajstić information content (AvgIpc) is 2.56. The second-order valence-electron chi connectivity index (χ2n) is 5.14. The summed E-state index contributed by atoms with van der Waals surface area (Å²) in [7, 11) is 0. The minimum atomic E-state index is -1.20. The zero-order chi connectivity index (χ0) is 18.6. The molecule has 0 fully saturated rings. The predicted molar refractivity (Wildman–Crippen MR) is 87.1 cm³/mol. The number of halogens is 2. The van der Waals surface area contributed by atoms with Crippen molar-refractivity contribution in [1.82, 2.24) is 0 Å². The Bertz CT molecular complexity index is 812. The maximum Gasteiger partial charge on any atom is 0.306 e. The lowest BCUT2D eigenvalue weighted by Crippen LogP contribution is -2.16. The van der Waals surface area contributed by atoms with Crippen molar-refractivity contribution in [3.63, 3.8) is 0 Å². The smallest absolute Gasteiger partial charge is 0.306 e. The van der Waals surface area contributed by atoms with E-state index in [1.807, 2.05) is 0 Å². The summed E-state index contributed by atoms with van der Waals surface area (Å²) < 4.78 is 24.5. The Hall–Kier alpha value is -2.38. The first kappa shape index (κ1) is 19.0. The summed E-state index contributed by atoms with van der Waals surface area (Å²) in [6.45, 7) is 1.09. The highest BCUT2D eigenvalue weighted by Gasteiger charge is 2.30. The van der Waals surface area contributed by atoms with Gasteiger partial charge in [0.25, 0.3) is 0 Å². The first-order chi connectivity index (χ1) is 11.9. The molecule has 2 aromatic rings. The molecule has 0 unspecified atom stereocenters. The lowest BCUT2D eigenvalue weighted by atomic mass is 9.91. The van der Waals surface area contributed by atoms with E-state index < -0.39 is 41.9 Å². The number of esters is 1. The molecule has 0 spiro atoms. The molecule has 0 amide bonds. The number of carbonyl (C=O) groups is 1. The molecule has 0 radical (unpaired) electrons. The average molecular weight is 371 g/mol. The van der Waals surface area contributed by atoms with Gasteiger partial charge in [0.15, 0.2) is 5.76 Å². The number of aliphatic hydroxyl groups excluding tert-OH is 1. The van der Waals surface area contributed by atoms with Crippen LogP contribution in [0.2, 0.25) is 5.02 Å².